The van der Waals surface area contributed by atoms with Crippen molar-refractivity contribution in [1.82, 2.24) is 10.1 Å². The number of carbonyl (C=O) groups is 1. The molecular weight excluding hydrogens is 284 g/mol. The number of para-hydroxylation sites is 1. The van der Waals surface area contributed by atoms with Crippen molar-refractivity contribution >= 4 is 16.9 Å². The normalized spacial score (nSPS) is 25.2. The monoisotopic (exact) mass is 302 g/mol. The lowest BCUT2D eigenvalue weighted by Gasteiger charge is -2.43. The number of rotatable bonds is 2. The second-order valence-corrected chi connectivity index (χ2v) is 5.73. The SMILES string of the molecule is O=C(Cc1noc2ccccc12)N1CCO[C@@H]2COCC[C@@H]21. The number of hydrogen-bond acceptors (Lipinski definition) is 5. The van der Waals surface area contributed by atoms with Gasteiger partial charge in [-0.3, -0.25) is 4.79 Å². The zero-order valence-electron chi connectivity index (χ0n) is 12.2. The van der Waals surface area contributed by atoms with Gasteiger partial charge < -0.3 is 18.9 Å². The van der Waals surface area contributed by atoms with Crippen LogP contribution in [0.25, 0.3) is 11.0 Å². The van der Waals surface area contributed by atoms with Crippen molar-refractivity contribution in [3.8, 4) is 0 Å². The molecule has 2 aliphatic heterocycles. The molecule has 1 aromatic heterocycles. The Morgan fingerprint density at radius 3 is 3.18 bits per heavy atom. The molecule has 6 nitrogen and oxygen atoms in total. The highest BCUT2D eigenvalue weighted by Crippen LogP contribution is 2.24. The van der Waals surface area contributed by atoms with Crippen LogP contribution in [0.5, 0.6) is 0 Å². The Bertz CT molecular complexity index is 682. The fourth-order valence-electron chi connectivity index (χ4n) is 3.30. The van der Waals surface area contributed by atoms with E-state index in [9.17, 15) is 4.79 Å². The molecule has 22 heavy (non-hydrogen) atoms. The Labute approximate surface area is 127 Å². The first-order valence-corrected chi connectivity index (χ1v) is 7.65. The third-order valence-electron chi connectivity index (χ3n) is 4.42. The highest BCUT2D eigenvalue weighted by Gasteiger charge is 2.37. The maximum Gasteiger partial charge on any atom is 0.229 e. The van der Waals surface area contributed by atoms with Crippen molar-refractivity contribution < 1.29 is 18.8 Å². The van der Waals surface area contributed by atoms with Gasteiger partial charge in [-0.15, -0.1) is 0 Å². The van der Waals surface area contributed by atoms with E-state index in [1.165, 1.54) is 0 Å². The molecule has 0 radical (unpaired) electrons. The quantitative estimate of drug-likeness (QED) is 0.838. The summed E-state index contributed by atoms with van der Waals surface area (Å²) in [6.07, 6.45) is 1.09. The smallest absolute Gasteiger partial charge is 0.229 e. The topological polar surface area (TPSA) is 64.8 Å². The molecule has 116 valence electrons. The Morgan fingerprint density at radius 1 is 1.32 bits per heavy atom. The first-order chi connectivity index (χ1) is 10.8. The molecule has 0 aliphatic carbocycles. The molecule has 0 spiro atoms. The maximum absolute atomic E-state index is 12.7. The molecule has 4 rings (SSSR count). The van der Waals surface area contributed by atoms with Crippen molar-refractivity contribution in [2.45, 2.75) is 25.0 Å². The lowest BCUT2D eigenvalue weighted by Crippen LogP contribution is -2.57. The number of fused-ring (bicyclic) bond motifs is 2. The van der Waals surface area contributed by atoms with Crippen molar-refractivity contribution in [3.63, 3.8) is 0 Å². The van der Waals surface area contributed by atoms with Gasteiger partial charge in [0.15, 0.2) is 5.58 Å². The number of carbonyl (C=O) groups excluding carboxylic acids is 1. The largest absolute Gasteiger partial charge is 0.379 e. The van der Waals surface area contributed by atoms with Crippen LogP contribution in [0.3, 0.4) is 0 Å². The van der Waals surface area contributed by atoms with Crippen molar-refractivity contribution in [3.05, 3.63) is 30.0 Å². The van der Waals surface area contributed by atoms with Crippen LogP contribution in [-0.2, 0) is 20.7 Å². The Hall–Kier alpha value is -1.92. The van der Waals surface area contributed by atoms with E-state index < -0.39 is 0 Å². The summed E-state index contributed by atoms with van der Waals surface area (Å²) in [6, 6.07) is 7.74. The van der Waals surface area contributed by atoms with E-state index in [0.29, 0.717) is 32.1 Å². The van der Waals surface area contributed by atoms with Crippen LogP contribution >= 0.6 is 0 Å². The minimum absolute atomic E-state index is 0.000466. The molecule has 2 fully saturated rings. The predicted molar refractivity (Wildman–Crippen MR) is 78.4 cm³/mol. The van der Waals surface area contributed by atoms with Gasteiger partial charge >= 0.3 is 0 Å². The average molecular weight is 302 g/mol. The number of hydrogen-bond donors (Lipinski definition) is 0. The Kier molecular flexibility index (Phi) is 3.56. The van der Waals surface area contributed by atoms with Gasteiger partial charge in [-0.05, 0) is 18.6 Å². The van der Waals surface area contributed by atoms with Crippen molar-refractivity contribution in [2.75, 3.05) is 26.4 Å². The maximum atomic E-state index is 12.7. The Balaban J connectivity index is 1.53. The van der Waals surface area contributed by atoms with Crippen LogP contribution in [0.2, 0.25) is 0 Å². The van der Waals surface area contributed by atoms with E-state index in [2.05, 4.69) is 5.16 Å². The van der Waals surface area contributed by atoms with Gasteiger partial charge in [-0.1, -0.05) is 17.3 Å². The summed E-state index contributed by atoms with van der Waals surface area (Å²) in [6.45, 7) is 2.45. The fraction of sp³-hybridized carbons (Fsp3) is 0.500. The summed E-state index contributed by atoms with van der Waals surface area (Å²) in [5.74, 6) is 0.0826. The van der Waals surface area contributed by atoms with E-state index in [1.807, 2.05) is 29.2 Å². The average Bonchev–Trinajstić information content (AvgIpc) is 2.97. The van der Waals surface area contributed by atoms with E-state index in [1.54, 1.807) is 0 Å². The zero-order valence-corrected chi connectivity index (χ0v) is 12.2. The molecule has 2 aromatic rings. The van der Waals surface area contributed by atoms with Gasteiger partial charge in [0, 0.05) is 18.5 Å². The van der Waals surface area contributed by atoms with Crippen LogP contribution in [0.4, 0.5) is 0 Å². The first kappa shape index (κ1) is 13.7. The molecule has 3 heterocycles. The molecular formula is C16H18N2O4. The van der Waals surface area contributed by atoms with E-state index >= 15 is 0 Å². The molecule has 0 unspecified atom stereocenters. The number of aromatic nitrogens is 1. The molecule has 1 amide bonds. The molecule has 0 N–H and O–H groups in total. The van der Waals surface area contributed by atoms with Gasteiger partial charge in [0.25, 0.3) is 0 Å². The number of ether oxygens (including phenoxy) is 2. The third-order valence-corrected chi connectivity index (χ3v) is 4.42. The van der Waals surface area contributed by atoms with Crippen LogP contribution in [0, 0.1) is 0 Å². The summed E-state index contributed by atoms with van der Waals surface area (Å²) >= 11 is 0. The van der Waals surface area contributed by atoms with Crippen LogP contribution in [0.1, 0.15) is 12.1 Å². The van der Waals surface area contributed by atoms with Crippen molar-refractivity contribution in [2.24, 2.45) is 0 Å². The predicted octanol–water partition coefficient (Wildman–Crippen LogP) is 1.39. The van der Waals surface area contributed by atoms with Crippen LogP contribution in [-0.4, -0.2) is 54.5 Å². The van der Waals surface area contributed by atoms with E-state index in [0.717, 1.165) is 17.4 Å². The summed E-state index contributed by atoms with van der Waals surface area (Å²) in [5.41, 5.74) is 1.42. The number of benzene rings is 1. The lowest BCUT2D eigenvalue weighted by molar-refractivity contribution is -0.161. The fourth-order valence-corrected chi connectivity index (χ4v) is 3.30. The second-order valence-electron chi connectivity index (χ2n) is 5.73. The summed E-state index contributed by atoms with van der Waals surface area (Å²) in [5, 5.41) is 4.97. The number of morpholine rings is 1. The molecule has 6 heteroatoms. The van der Waals surface area contributed by atoms with E-state index in [4.69, 9.17) is 14.0 Å². The molecule has 2 atom stereocenters. The van der Waals surface area contributed by atoms with E-state index in [-0.39, 0.29) is 24.5 Å². The van der Waals surface area contributed by atoms with Gasteiger partial charge in [0.2, 0.25) is 5.91 Å². The highest BCUT2D eigenvalue weighted by atomic mass is 16.5. The number of nitrogens with zero attached hydrogens (tertiary/aromatic N) is 2. The summed E-state index contributed by atoms with van der Waals surface area (Å²) < 4.78 is 16.4. The highest BCUT2D eigenvalue weighted by molar-refractivity contribution is 5.86. The standard InChI is InChI=1S/C16H18N2O4/c19-16(9-12-11-3-1-2-4-14(11)22-17-12)18-6-8-21-15-10-20-7-5-13(15)18/h1-4,13,15H,5-10H2/t13-,15+/m0/s1. The van der Waals surface area contributed by atoms with Crippen LogP contribution < -0.4 is 0 Å². The molecule has 1 aromatic carbocycles. The Morgan fingerprint density at radius 2 is 2.23 bits per heavy atom. The molecule has 2 saturated heterocycles. The lowest BCUT2D eigenvalue weighted by atomic mass is 10.0. The summed E-state index contributed by atoms with van der Waals surface area (Å²) in [7, 11) is 0. The molecule has 2 aliphatic rings. The second kappa shape index (κ2) is 5.70. The van der Waals surface area contributed by atoms with Gasteiger partial charge in [-0.2, -0.15) is 0 Å². The van der Waals surface area contributed by atoms with Gasteiger partial charge in [-0.25, -0.2) is 0 Å². The first-order valence-electron chi connectivity index (χ1n) is 7.65. The van der Waals surface area contributed by atoms with Crippen molar-refractivity contribution in [1.29, 1.82) is 0 Å². The number of amides is 1. The minimum Gasteiger partial charge on any atom is -0.379 e. The molecule has 0 bridgehead atoms. The summed E-state index contributed by atoms with van der Waals surface area (Å²) in [4.78, 5) is 14.6. The van der Waals surface area contributed by atoms with Crippen LogP contribution in [0.15, 0.2) is 28.8 Å². The van der Waals surface area contributed by atoms with Gasteiger partial charge in [0.1, 0.15) is 11.8 Å². The van der Waals surface area contributed by atoms with Gasteiger partial charge in [0.05, 0.1) is 25.7 Å². The zero-order chi connectivity index (χ0) is 14.9. The minimum atomic E-state index is 0.000466. The third kappa shape index (κ3) is 2.38. The molecule has 0 saturated carbocycles.